The molecule has 6 heteroatoms. The largest absolute Gasteiger partial charge is 0.383 e. The molecule has 116 valence electrons. The lowest BCUT2D eigenvalue weighted by atomic mass is 9.95. The Kier molecular flexibility index (Phi) is 5.87. The van der Waals surface area contributed by atoms with Gasteiger partial charge < -0.3 is 21.1 Å². The van der Waals surface area contributed by atoms with E-state index >= 15 is 0 Å². The number of carbonyl (C=O) groups is 2. The zero-order valence-electron chi connectivity index (χ0n) is 12.9. The highest BCUT2D eigenvalue weighted by Gasteiger charge is 2.21. The first-order valence-electron chi connectivity index (χ1n) is 6.71. The molecule has 0 aliphatic heterocycles. The zero-order chi connectivity index (χ0) is 16.0. The topological polar surface area (TPSA) is 93.4 Å². The number of nitrogens with one attached hydrogen (secondary N) is 2. The fourth-order valence-electron chi connectivity index (χ4n) is 1.48. The summed E-state index contributed by atoms with van der Waals surface area (Å²) < 4.78 is 4.83. The summed E-state index contributed by atoms with van der Waals surface area (Å²) in [4.78, 5) is 23.7. The molecule has 0 heterocycles. The van der Waals surface area contributed by atoms with Gasteiger partial charge in [-0.15, -0.1) is 0 Å². The van der Waals surface area contributed by atoms with Crippen LogP contribution in [0.1, 0.15) is 20.8 Å². The van der Waals surface area contributed by atoms with Crippen molar-refractivity contribution in [3.63, 3.8) is 0 Å². The first kappa shape index (κ1) is 17.1. The maximum Gasteiger partial charge on any atom is 0.243 e. The summed E-state index contributed by atoms with van der Waals surface area (Å²) in [6.45, 7) is 5.64. The van der Waals surface area contributed by atoms with Crippen LogP contribution in [-0.2, 0) is 14.3 Å². The summed E-state index contributed by atoms with van der Waals surface area (Å²) in [6.07, 6.45) is 0. The maximum atomic E-state index is 11.9. The predicted molar refractivity (Wildman–Crippen MR) is 83.0 cm³/mol. The van der Waals surface area contributed by atoms with Crippen LogP contribution in [0.4, 0.5) is 11.4 Å². The van der Waals surface area contributed by atoms with Crippen LogP contribution in [0.2, 0.25) is 0 Å². The Balaban J connectivity index is 2.73. The van der Waals surface area contributed by atoms with E-state index in [2.05, 4.69) is 10.6 Å². The normalized spacial score (nSPS) is 12.6. The first-order chi connectivity index (χ1) is 9.74. The molecule has 1 rings (SSSR count). The second-order valence-electron chi connectivity index (χ2n) is 5.84. The Hall–Kier alpha value is -1.92. The average Bonchev–Trinajstić information content (AvgIpc) is 2.38. The molecule has 1 aromatic rings. The molecule has 1 unspecified atom stereocenters. The lowest BCUT2D eigenvalue weighted by molar-refractivity contribution is -0.123. The van der Waals surface area contributed by atoms with E-state index in [0.29, 0.717) is 11.4 Å². The van der Waals surface area contributed by atoms with E-state index in [1.54, 1.807) is 24.3 Å². The predicted octanol–water partition coefficient (Wildman–Crippen LogP) is 1.58. The van der Waals surface area contributed by atoms with E-state index in [-0.39, 0.29) is 18.4 Å². The standard InChI is InChI=1S/C15H23N3O3/c1-15(2,3)14(20)18-11-7-5-6-10(8-11)17-13(19)12(16)9-21-4/h5-8,12H,9,16H2,1-4H3,(H,17,19)(H,18,20). The van der Waals surface area contributed by atoms with Gasteiger partial charge >= 0.3 is 0 Å². The van der Waals surface area contributed by atoms with Crippen LogP contribution in [-0.4, -0.2) is 31.6 Å². The average molecular weight is 293 g/mol. The summed E-state index contributed by atoms with van der Waals surface area (Å²) in [5, 5.41) is 5.49. The molecular weight excluding hydrogens is 270 g/mol. The molecule has 0 aliphatic carbocycles. The van der Waals surface area contributed by atoms with Gasteiger partial charge in [0.05, 0.1) is 6.61 Å². The summed E-state index contributed by atoms with van der Waals surface area (Å²) >= 11 is 0. The Morgan fingerprint density at radius 3 is 2.33 bits per heavy atom. The van der Waals surface area contributed by atoms with Crippen molar-refractivity contribution < 1.29 is 14.3 Å². The number of nitrogens with two attached hydrogens (primary N) is 1. The third kappa shape index (κ3) is 5.53. The summed E-state index contributed by atoms with van der Waals surface area (Å²) in [5.41, 5.74) is 6.35. The van der Waals surface area contributed by atoms with Gasteiger partial charge in [-0.05, 0) is 18.2 Å². The molecule has 0 aliphatic rings. The molecule has 0 saturated carbocycles. The van der Waals surface area contributed by atoms with Crippen molar-refractivity contribution in [1.29, 1.82) is 0 Å². The van der Waals surface area contributed by atoms with E-state index in [1.165, 1.54) is 7.11 Å². The molecule has 0 radical (unpaired) electrons. The molecule has 0 fully saturated rings. The van der Waals surface area contributed by atoms with Gasteiger partial charge in [0.2, 0.25) is 11.8 Å². The molecule has 4 N–H and O–H groups in total. The molecule has 1 aromatic carbocycles. The Bertz CT molecular complexity index is 509. The van der Waals surface area contributed by atoms with Crippen molar-refractivity contribution in [1.82, 2.24) is 0 Å². The monoisotopic (exact) mass is 293 g/mol. The Morgan fingerprint density at radius 2 is 1.81 bits per heavy atom. The number of amides is 2. The molecule has 2 amide bonds. The molecule has 21 heavy (non-hydrogen) atoms. The van der Waals surface area contributed by atoms with E-state index in [4.69, 9.17) is 10.5 Å². The number of hydrogen-bond donors (Lipinski definition) is 3. The SMILES string of the molecule is COCC(N)C(=O)Nc1cccc(NC(=O)C(C)(C)C)c1. The van der Waals surface area contributed by atoms with Crippen LogP contribution in [0.5, 0.6) is 0 Å². The van der Waals surface area contributed by atoms with Crippen molar-refractivity contribution in [3.05, 3.63) is 24.3 Å². The van der Waals surface area contributed by atoms with Crippen LogP contribution in [0.25, 0.3) is 0 Å². The number of hydrogen-bond acceptors (Lipinski definition) is 4. The Labute approximate surface area is 125 Å². The highest BCUT2D eigenvalue weighted by Crippen LogP contribution is 2.20. The summed E-state index contributed by atoms with van der Waals surface area (Å²) in [6, 6.07) is 6.18. The van der Waals surface area contributed by atoms with Gasteiger partial charge in [0, 0.05) is 23.9 Å². The van der Waals surface area contributed by atoms with Gasteiger partial charge in [-0.25, -0.2) is 0 Å². The highest BCUT2D eigenvalue weighted by atomic mass is 16.5. The summed E-state index contributed by atoms with van der Waals surface area (Å²) in [7, 11) is 1.48. The van der Waals surface area contributed by atoms with E-state index < -0.39 is 11.5 Å². The molecular formula is C15H23N3O3. The lowest BCUT2D eigenvalue weighted by Crippen LogP contribution is -2.39. The molecule has 1 atom stereocenters. The highest BCUT2D eigenvalue weighted by molar-refractivity contribution is 5.97. The number of methoxy groups -OCH3 is 1. The smallest absolute Gasteiger partial charge is 0.243 e. The number of rotatable bonds is 5. The summed E-state index contributed by atoms with van der Waals surface area (Å²) in [5.74, 6) is -0.432. The van der Waals surface area contributed by atoms with Crippen LogP contribution in [0, 0.1) is 5.41 Å². The fourth-order valence-corrected chi connectivity index (χ4v) is 1.48. The minimum absolute atomic E-state index is 0.0953. The lowest BCUT2D eigenvalue weighted by Gasteiger charge is -2.18. The van der Waals surface area contributed by atoms with Crippen LogP contribution in [0.3, 0.4) is 0 Å². The van der Waals surface area contributed by atoms with Gasteiger partial charge in [-0.2, -0.15) is 0 Å². The van der Waals surface area contributed by atoms with Gasteiger partial charge in [-0.3, -0.25) is 9.59 Å². The maximum absolute atomic E-state index is 11.9. The molecule has 0 bridgehead atoms. The number of carbonyl (C=O) groups excluding carboxylic acids is 2. The second-order valence-corrected chi connectivity index (χ2v) is 5.84. The number of anilines is 2. The minimum atomic E-state index is -0.733. The van der Waals surface area contributed by atoms with Crippen molar-refractivity contribution in [2.45, 2.75) is 26.8 Å². The van der Waals surface area contributed by atoms with Crippen molar-refractivity contribution in [2.75, 3.05) is 24.4 Å². The second kappa shape index (κ2) is 7.19. The van der Waals surface area contributed by atoms with Gasteiger partial charge in [0.1, 0.15) is 6.04 Å². The third-order valence-corrected chi connectivity index (χ3v) is 2.75. The van der Waals surface area contributed by atoms with Gasteiger partial charge in [0.25, 0.3) is 0 Å². The molecule has 0 spiro atoms. The van der Waals surface area contributed by atoms with Crippen LogP contribution >= 0.6 is 0 Å². The molecule has 6 nitrogen and oxygen atoms in total. The number of ether oxygens (including phenoxy) is 1. The van der Waals surface area contributed by atoms with Crippen LogP contribution < -0.4 is 16.4 Å². The van der Waals surface area contributed by atoms with Crippen LogP contribution in [0.15, 0.2) is 24.3 Å². The molecule has 0 aromatic heterocycles. The zero-order valence-corrected chi connectivity index (χ0v) is 12.9. The first-order valence-corrected chi connectivity index (χ1v) is 6.71. The van der Waals surface area contributed by atoms with E-state index in [1.807, 2.05) is 20.8 Å². The third-order valence-electron chi connectivity index (χ3n) is 2.75. The minimum Gasteiger partial charge on any atom is -0.383 e. The van der Waals surface area contributed by atoms with E-state index in [0.717, 1.165) is 0 Å². The quantitative estimate of drug-likeness (QED) is 0.768. The number of benzene rings is 1. The Morgan fingerprint density at radius 1 is 1.24 bits per heavy atom. The van der Waals surface area contributed by atoms with E-state index in [9.17, 15) is 9.59 Å². The van der Waals surface area contributed by atoms with Gasteiger partial charge in [-0.1, -0.05) is 26.8 Å². The molecule has 0 saturated heterocycles. The fraction of sp³-hybridized carbons (Fsp3) is 0.467. The van der Waals surface area contributed by atoms with Crippen molar-refractivity contribution in [3.8, 4) is 0 Å². The van der Waals surface area contributed by atoms with Crippen molar-refractivity contribution >= 4 is 23.2 Å². The van der Waals surface area contributed by atoms with Gasteiger partial charge in [0.15, 0.2) is 0 Å². The van der Waals surface area contributed by atoms with Crippen molar-refractivity contribution in [2.24, 2.45) is 11.1 Å².